The van der Waals surface area contributed by atoms with Gasteiger partial charge in [0.05, 0.1) is 45.7 Å². The Balaban J connectivity index is 0.741. The summed E-state index contributed by atoms with van der Waals surface area (Å²) in [5, 5.41) is 54.6. The Kier molecular flexibility index (Phi) is 21.2. The van der Waals surface area contributed by atoms with E-state index in [0.717, 1.165) is 0 Å². The van der Waals surface area contributed by atoms with Gasteiger partial charge in [-0.1, -0.05) is 6.07 Å². The van der Waals surface area contributed by atoms with Crippen LogP contribution in [0.25, 0.3) is 33.4 Å². The number of hydrogen-bond donors (Lipinski definition) is 15. The number of nitrogens with zero attached hydrogens (tertiary/aromatic N) is 10. The van der Waals surface area contributed by atoms with Gasteiger partial charge in [0.15, 0.2) is 22.2 Å². The zero-order valence-corrected chi connectivity index (χ0v) is 62.7. The summed E-state index contributed by atoms with van der Waals surface area (Å²) >= 11 is 5.78. The molecule has 0 saturated heterocycles. The normalized spacial score (nSPS) is 15.4. The summed E-state index contributed by atoms with van der Waals surface area (Å²) in [6, 6.07) is 19.4. The van der Waals surface area contributed by atoms with Crippen LogP contribution < -0.4 is 75.0 Å². The summed E-state index contributed by atoms with van der Waals surface area (Å²) in [7, 11) is 12.5. The van der Waals surface area contributed by atoms with Gasteiger partial charge in [0.1, 0.15) is 51.3 Å². The highest BCUT2D eigenvalue weighted by molar-refractivity contribution is 7.80. The Labute approximate surface area is 650 Å². The molecule has 0 unspecified atom stereocenters. The van der Waals surface area contributed by atoms with E-state index in [4.69, 9.17) is 22.4 Å². The van der Waals surface area contributed by atoms with Crippen molar-refractivity contribution in [2.24, 2.45) is 62.1 Å². The number of aryl methyl sites for hydroxylation is 8. The maximum absolute atomic E-state index is 14.2. The third-order valence-corrected chi connectivity index (χ3v) is 18.6. The maximum Gasteiger partial charge on any atom is 0.336 e. The summed E-state index contributed by atoms with van der Waals surface area (Å²) in [6.07, 6.45) is 11.0. The minimum absolute atomic E-state index is 0.0202. The summed E-state index contributed by atoms with van der Waals surface area (Å²) in [5.41, 5.74) is 8.92. The summed E-state index contributed by atoms with van der Waals surface area (Å²) < 4.78 is 17.5. The number of imidazole rings is 2. The monoisotopic (exact) mass is 1570 g/mol. The molecule has 8 aromatic heterocycles. The zero-order valence-electron chi connectivity index (χ0n) is 61.9. The van der Waals surface area contributed by atoms with Crippen molar-refractivity contribution in [2.45, 2.75) is 24.9 Å². The number of benzene rings is 3. The molecule has 10 amide bonds. The molecule has 13 rings (SSSR count). The van der Waals surface area contributed by atoms with E-state index in [1.54, 1.807) is 54.4 Å². The molecule has 16 N–H and O–H groups in total. The number of carbonyl (C=O) groups is 11. The minimum atomic E-state index is -1.34. The van der Waals surface area contributed by atoms with Crippen LogP contribution in [-0.4, -0.2) is 152 Å². The van der Waals surface area contributed by atoms with Crippen molar-refractivity contribution >= 4 is 145 Å². The van der Waals surface area contributed by atoms with Crippen LogP contribution in [0.4, 0.5) is 51.4 Å². The number of fused-ring (bicyclic) bond motifs is 18. The van der Waals surface area contributed by atoms with Gasteiger partial charge in [-0.15, -0.1) is 0 Å². The van der Waals surface area contributed by atoms with Crippen molar-refractivity contribution in [1.82, 2.24) is 62.5 Å². The van der Waals surface area contributed by atoms with Crippen LogP contribution in [0.15, 0.2) is 150 Å². The number of carboxylic acid groups (broad SMARTS) is 1. The van der Waals surface area contributed by atoms with Gasteiger partial charge in [0, 0.05) is 172 Å². The predicted molar refractivity (Wildman–Crippen MR) is 422 cm³/mol. The highest BCUT2D eigenvalue weighted by atomic mass is 32.1. The number of thiocarbonyl (C=S) groups is 1. The molecule has 16 bridgehead atoms. The van der Waals surface area contributed by atoms with Crippen molar-refractivity contribution in [2.75, 3.05) is 60.9 Å². The highest BCUT2D eigenvalue weighted by Crippen LogP contribution is 2.43. The number of nitrogens with one attached hydrogen (secondary N) is 12. The average Bonchev–Trinajstić information content (AvgIpc) is 0.892. The van der Waals surface area contributed by atoms with E-state index < -0.39 is 83.5 Å². The largest absolute Gasteiger partial charge is 0.508 e. The van der Waals surface area contributed by atoms with Crippen LogP contribution in [0, 0.1) is 0 Å². The first-order valence-electron chi connectivity index (χ1n) is 34.7. The van der Waals surface area contributed by atoms with Crippen LogP contribution in [0.1, 0.15) is 107 Å². The Morgan fingerprint density at radius 3 is 1.31 bits per heavy atom. The molecule has 0 fully saturated rings. The van der Waals surface area contributed by atoms with Gasteiger partial charge in [-0.25, -0.2) is 14.8 Å². The molecule has 0 saturated carbocycles. The molecule has 1 aliphatic carbocycles. The predicted octanol–water partition coefficient (Wildman–Crippen LogP) is 5.49. The van der Waals surface area contributed by atoms with Crippen molar-refractivity contribution in [3.8, 4) is 28.2 Å². The number of phenolic OH excluding ortho intramolecular Hbond substituents is 1. The van der Waals surface area contributed by atoms with Gasteiger partial charge in [-0.2, -0.15) is 0 Å². The number of amides is 10. The molecular weight excluding hydrogens is 1500 g/mol. The fourth-order valence-electron chi connectivity index (χ4n) is 13.0. The number of aromatic nitrogens is 10. The van der Waals surface area contributed by atoms with Gasteiger partial charge in [0.25, 0.3) is 47.3 Å². The molecule has 0 radical (unpaired) electrons. The van der Waals surface area contributed by atoms with E-state index in [9.17, 15) is 67.7 Å². The Morgan fingerprint density at radius 1 is 0.465 bits per heavy atom. The highest BCUT2D eigenvalue weighted by Gasteiger charge is 2.29. The quantitative estimate of drug-likeness (QED) is 0.0764. The molecule has 584 valence electrons. The van der Waals surface area contributed by atoms with Crippen LogP contribution in [0.3, 0.4) is 0 Å². The smallest absolute Gasteiger partial charge is 0.336 e. The summed E-state index contributed by atoms with van der Waals surface area (Å²) in [6.45, 7) is -0.451. The van der Waals surface area contributed by atoms with Crippen LogP contribution >= 0.6 is 12.2 Å². The molecule has 10 aromatic rings. The molecule has 114 heavy (non-hydrogen) atoms. The first-order chi connectivity index (χ1) is 54.2. The van der Waals surface area contributed by atoms with Crippen LogP contribution in [-0.2, 0) is 66.0 Å². The number of carboxylic acids is 1. The second-order valence-electron chi connectivity index (χ2n) is 27.1. The molecule has 10 heterocycles. The zero-order chi connectivity index (χ0) is 81.4. The molecule has 38 nitrogen and oxygen atoms in total. The van der Waals surface area contributed by atoms with E-state index >= 15 is 0 Å². The Bertz CT molecular complexity index is 6030. The minimum Gasteiger partial charge on any atom is -0.508 e. The molecule has 3 aliphatic rings. The first kappa shape index (κ1) is 77.0. The van der Waals surface area contributed by atoms with Gasteiger partial charge in [-0.05, 0) is 90.6 Å². The van der Waals surface area contributed by atoms with E-state index in [-0.39, 0.29) is 156 Å². The number of rotatable bonds is 4. The lowest BCUT2D eigenvalue weighted by Crippen LogP contribution is -2.47. The SMILES string of the molecule is Cn1cc2cc1C(=O)NC[C@H](N)CC(=O)Nc1cn(C)c(n1)C(=O)Nc1cc(n(C)c1)C(=O)Nc1cc(n(C)c1)C(=O)Nc1cc(n(C)c1)C(=O)NC[C@H](NC(=S)Nc1ccc(-c3c4ccc(=O)cc-4oc4cc(O)ccc34)c(C(=O)O)c1)CC(=O)Nc1cn(C)c(n1)C(=O)Nc1cc(n(C)c1)C(=O)Nc1cc(n(C)c1)C(=O)N2. The van der Waals surface area contributed by atoms with E-state index in [0.29, 0.717) is 16.5 Å². The Morgan fingerprint density at radius 2 is 0.868 bits per heavy atom. The molecule has 0 spiro atoms. The fraction of sp³-hybridized carbons (Fsp3) is 0.187. The maximum atomic E-state index is 14.2. The van der Waals surface area contributed by atoms with E-state index in [1.165, 1.54) is 179 Å². The first-order valence-corrected chi connectivity index (χ1v) is 35.2. The van der Waals surface area contributed by atoms with Crippen LogP contribution in [0.5, 0.6) is 5.75 Å². The summed E-state index contributed by atoms with van der Waals surface area (Å²) in [4.78, 5) is 172. The second-order valence-corrected chi connectivity index (χ2v) is 27.5. The van der Waals surface area contributed by atoms with E-state index in [1.807, 2.05) is 0 Å². The third kappa shape index (κ3) is 16.8. The summed E-state index contributed by atoms with van der Waals surface area (Å²) in [5.74, 6) is -8.07. The fourth-order valence-corrected chi connectivity index (χ4v) is 13.3. The second kappa shape index (κ2) is 31.4. The van der Waals surface area contributed by atoms with Crippen LogP contribution in [0.2, 0.25) is 0 Å². The van der Waals surface area contributed by atoms with Crippen molar-refractivity contribution in [3.63, 3.8) is 0 Å². The number of hydrogen-bond acceptors (Lipinski definition) is 18. The number of aromatic hydroxyl groups is 1. The number of phenols is 1. The van der Waals surface area contributed by atoms with Crippen molar-refractivity contribution in [1.29, 1.82) is 0 Å². The van der Waals surface area contributed by atoms with Crippen molar-refractivity contribution in [3.05, 3.63) is 202 Å². The van der Waals surface area contributed by atoms with Gasteiger partial charge in [-0.3, -0.25) is 52.7 Å². The molecule has 2 aliphatic heterocycles. The van der Waals surface area contributed by atoms with Crippen molar-refractivity contribution < 1.29 is 67.4 Å². The average molecular weight is 1570 g/mol. The Hall–Kier alpha value is -15.2. The molecule has 39 heteroatoms. The lowest BCUT2D eigenvalue weighted by molar-refractivity contribution is -0.117. The lowest BCUT2D eigenvalue weighted by Gasteiger charge is -2.22. The molecular formula is C75H73N23O15S. The van der Waals surface area contributed by atoms with E-state index in [2.05, 4.69) is 73.8 Å². The standard InChI is InChI=1S/C75H73N23O15S/c1-91-28-39-17-51(91)66(103)77-26-36(76)15-61(101)87-59-34-97(7)64(89-59)72(109)83-43-21-55(95(5)32-43)70(107)82-42-20-54(94(4)31-42)69(106)80-40-18-52(92(2)29-40)67(104)78-27-38(86-75(114)85-37-9-12-47(50(16-37)74(111)112)63-48-13-10-45(99)24-57(48)113-58-25-46(100)11-14-49(58)63)23-62(102)88-60-35-98(8)65(90-60)73(110)84-44-22-56(96(6)33-44)71(108)81-41-19-53(68(105)79-39)93(3)30-41/h9-14,16-22,24-25,28-36,38,99H,15,23,26-27,76H2,1-8H3,(H,77,103)(H,78,104)(H,79,105)(H,80,106)(H,81,108)(H,82,107)(H,83,109)(H,84,110)(H,87,101)(H,88,102)(H,111,112)(H2,85,86,114)/t36-,38-/m1/s1. The number of anilines is 9. The molecule has 2 aromatic carbocycles. The van der Waals surface area contributed by atoms with Gasteiger partial charge in [0.2, 0.25) is 23.5 Å². The number of nitrogens with two attached hydrogens (primary N) is 1. The molecule has 2 atom stereocenters. The van der Waals surface area contributed by atoms with Gasteiger partial charge >= 0.3 is 5.97 Å². The number of aromatic carboxylic acids is 1. The van der Waals surface area contributed by atoms with Gasteiger partial charge < -0.3 is 121 Å². The topological polar surface area (TPSA) is 494 Å². The third-order valence-electron chi connectivity index (χ3n) is 18.4. The number of carbonyl (C=O) groups excluding carboxylic acids is 10. The lowest BCUT2D eigenvalue weighted by atomic mass is 9.90.